The fourth-order valence-electron chi connectivity index (χ4n) is 1.94. The van der Waals surface area contributed by atoms with Gasteiger partial charge in [-0.05, 0) is 26.2 Å². The van der Waals surface area contributed by atoms with E-state index in [1.54, 1.807) is 6.07 Å². The van der Waals surface area contributed by atoms with Gasteiger partial charge in [0.15, 0.2) is 0 Å². The standard InChI is InChI=1S/C13H15ClN4/c1-17(2)6-7-18-11-5-3-4-10(9-15)13(11)16-12(18)8-14/h3-5H,6-8H2,1-2H3. The van der Waals surface area contributed by atoms with Crippen molar-refractivity contribution in [1.82, 2.24) is 14.5 Å². The number of para-hydroxylation sites is 1. The van der Waals surface area contributed by atoms with Gasteiger partial charge < -0.3 is 9.47 Å². The van der Waals surface area contributed by atoms with Crippen LogP contribution in [0.2, 0.25) is 0 Å². The van der Waals surface area contributed by atoms with Crippen molar-refractivity contribution in [2.75, 3.05) is 20.6 Å². The Hall–Kier alpha value is -1.57. The van der Waals surface area contributed by atoms with Crippen LogP contribution < -0.4 is 0 Å². The zero-order valence-corrected chi connectivity index (χ0v) is 11.3. The van der Waals surface area contributed by atoms with Crippen LogP contribution in [0.4, 0.5) is 0 Å². The molecule has 0 saturated heterocycles. The highest BCUT2D eigenvalue weighted by molar-refractivity contribution is 6.16. The molecule has 0 aliphatic heterocycles. The third-order valence-electron chi connectivity index (χ3n) is 2.87. The first kappa shape index (κ1) is 12.9. The van der Waals surface area contributed by atoms with Gasteiger partial charge in [-0.1, -0.05) is 6.07 Å². The molecule has 0 aliphatic carbocycles. The van der Waals surface area contributed by atoms with Gasteiger partial charge in [0.1, 0.15) is 17.4 Å². The van der Waals surface area contributed by atoms with E-state index in [0.717, 1.165) is 29.9 Å². The average molecular weight is 263 g/mol. The summed E-state index contributed by atoms with van der Waals surface area (Å²) in [6, 6.07) is 7.81. The predicted molar refractivity (Wildman–Crippen MR) is 72.6 cm³/mol. The molecule has 2 rings (SSSR count). The quantitative estimate of drug-likeness (QED) is 0.794. The van der Waals surface area contributed by atoms with Gasteiger partial charge in [0.25, 0.3) is 0 Å². The van der Waals surface area contributed by atoms with Crippen molar-refractivity contribution in [2.24, 2.45) is 0 Å². The number of rotatable bonds is 4. The Morgan fingerprint density at radius 3 is 2.83 bits per heavy atom. The van der Waals surface area contributed by atoms with E-state index in [0.29, 0.717) is 11.4 Å². The highest BCUT2D eigenvalue weighted by Crippen LogP contribution is 2.20. The second-order valence-electron chi connectivity index (χ2n) is 4.40. The van der Waals surface area contributed by atoms with Crippen molar-refractivity contribution in [3.63, 3.8) is 0 Å². The molecule has 0 fully saturated rings. The second-order valence-corrected chi connectivity index (χ2v) is 4.67. The Balaban J connectivity index is 2.53. The molecule has 0 amide bonds. The van der Waals surface area contributed by atoms with Gasteiger partial charge in [-0.15, -0.1) is 11.6 Å². The van der Waals surface area contributed by atoms with Crippen LogP contribution in [0.1, 0.15) is 11.4 Å². The maximum absolute atomic E-state index is 9.09. The monoisotopic (exact) mass is 262 g/mol. The molecule has 0 unspecified atom stereocenters. The minimum Gasteiger partial charge on any atom is -0.326 e. The molecule has 5 heteroatoms. The van der Waals surface area contributed by atoms with E-state index in [1.165, 1.54) is 0 Å². The molecule has 94 valence electrons. The fourth-order valence-corrected chi connectivity index (χ4v) is 2.14. The zero-order chi connectivity index (χ0) is 13.1. The summed E-state index contributed by atoms with van der Waals surface area (Å²) in [5.41, 5.74) is 2.32. The highest BCUT2D eigenvalue weighted by atomic mass is 35.5. The number of alkyl halides is 1. The van der Waals surface area contributed by atoms with E-state index in [2.05, 4.69) is 20.5 Å². The van der Waals surface area contributed by atoms with Crippen LogP contribution in [0, 0.1) is 11.3 Å². The molecular weight excluding hydrogens is 248 g/mol. The van der Waals surface area contributed by atoms with Gasteiger partial charge in [-0.2, -0.15) is 5.26 Å². The number of fused-ring (bicyclic) bond motifs is 1. The van der Waals surface area contributed by atoms with E-state index in [4.69, 9.17) is 16.9 Å². The zero-order valence-electron chi connectivity index (χ0n) is 10.5. The molecule has 0 saturated carbocycles. The Kier molecular flexibility index (Phi) is 3.85. The third-order valence-corrected chi connectivity index (χ3v) is 3.11. The summed E-state index contributed by atoms with van der Waals surface area (Å²) >= 11 is 5.93. The van der Waals surface area contributed by atoms with Crippen LogP contribution in [0.15, 0.2) is 18.2 Å². The number of hydrogen-bond donors (Lipinski definition) is 0. The lowest BCUT2D eigenvalue weighted by Gasteiger charge is -2.12. The van der Waals surface area contributed by atoms with Crippen molar-refractivity contribution >= 4 is 22.6 Å². The Labute approximate surface area is 111 Å². The molecule has 0 spiro atoms. The normalized spacial score (nSPS) is 11.1. The van der Waals surface area contributed by atoms with Gasteiger partial charge in [0.2, 0.25) is 0 Å². The predicted octanol–water partition coefficient (Wildman–Crippen LogP) is 2.21. The number of benzene rings is 1. The summed E-state index contributed by atoms with van der Waals surface area (Å²) in [7, 11) is 4.06. The van der Waals surface area contributed by atoms with Crippen LogP contribution >= 0.6 is 11.6 Å². The van der Waals surface area contributed by atoms with Crippen molar-refractivity contribution in [3.8, 4) is 6.07 Å². The molecule has 0 aliphatic rings. The van der Waals surface area contributed by atoms with E-state index in [9.17, 15) is 0 Å². The van der Waals surface area contributed by atoms with Crippen molar-refractivity contribution in [3.05, 3.63) is 29.6 Å². The maximum Gasteiger partial charge on any atom is 0.124 e. The molecule has 1 heterocycles. The molecular formula is C13H15ClN4. The highest BCUT2D eigenvalue weighted by Gasteiger charge is 2.12. The second kappa shape index (κ2) is 5.38. The lowest BCUT2D eigenvalue weighted by atomic mass is 10.2. The van der Waals surface area contributed by atoms with Crippen LogP contribution in [-0.2, 0) is 12.4 Å². The first-order valence-electron chi connectivity index (χ1n) is 5.76. The number of aromatic nitrogens is 2. The van der Waals surface area contributed by atoms with Crippen LogP contribution in [0.25, 0.3) is 11.0 Å². The van der Waals surface area contributed by atoms with Gasteiger partial charge >= 0.3 is 0 Å². The molecule has 0 radical (unpaired) electrons. The van der Waals surface area contributed by atoms with Crippen LogP contribution in [-0.4, -0.2) is 35.1 Å². The smallest absolute Gasteiger partial charge is 0.124 e. The minimum atomic E-state index is 0.354. The summed E-state index contributed by atoms with van der Waals surface area (Å²) in [6.07, 6.45) is 0. The number of imidazole rings is 1. The largest absolute Gasteiger partial charge is 0.326 e. The topological polar surface area (TPSA) is 44.9 Å². The molecule has 0 atom stereocenters. The fraction of sp³-hybridized carbons (Fsp3) is 0.385. The van der Waals surface area contributed by atoms with E-state index in [-0.39, 0.29) is 0 Å². The summed E-state index contributed by atoms with van der Waals surface area (Å²) in [4.78, 5) is 6.58. The van der Waals surface area contributed by atoms with Gasteiger partial charge in [-0.25, -0.2) is 4.98 Å². The van der Waals surface area contributed by atoms with Crippen molar-refractivity contribution in [2.45, 2.75) is 12.4 Å². The van der Waals surface area contributed by atoms with E-state index < -0.39 is 0 Å². The molecule has 4 nitrogen and oxygen atoms in total. The number of nitrogens with zero attached hydrogens (tertiary/aromatic N) is 4. The number of likely N-dealkylation sites (N-methyl/N-ethyl adjacent to an activating group) is 1. The lowest BCUT2D eigenvalue weighted by molar-refractivity contribution is 0.384. The molecule has 1 aromatic heterocycles. The summed E-state index contributed by atoms with van der Waals surface area (Å²) in [6.45, 7) is 1.73. The average Bonchev–Trinajstić information content (AvgIpc) is 2.73. The van der Waals surface area contributed by atoms with Crippen LogP contribution in [0.3, 0.4) is 0 Å². The summed E-state index contributed by atoms with van der Waals surface area (Å²) < 4.78 is 2.09. The van der Waals surface area contributed by atoms with Crippen molar-refractivity contribution in [1.29, 1.82) is 5.26 Å². The molecule has 1 aromatic carbocycles. The molecule has 2 aromatic rings. The van der Waals surface area contributed by atoms with E-state index in [1.807, 2.05) is 26.2 Å². The minimum absolute atomic E-state index is 0.354. The number of hydrogen-bond acceptors (Lipinski definition) is 3. The first-order chi connectivity index (χ1) is 8.67. The summed E-state index contributed by atoms with van der Waals surface area (Å²) in [5.74, 6) is 1.17. The SMILES string of the molecule is CN(C)CCn1c(CCl)nc2c(C#N)cccc21. The Morgan fingerprint density at radius 1 is 1.44 bits per heavy atom. The summed E-state index contributed by atoms with van der Waals surface area (Å²) in [5, 5.41) is 9.09. The molecule has 18 heavy (non-hydrogen) atoms. The van der Waals surface area contributed by atoms with E-state index >= 15 is 0 Å². The molecule has 0 bridgehead atoms. The van der Waals surface area contributed by atoms with Gasteiger partial charge in [0, 0.05) is 13.1 Å². The van der Waals surface area contributed by atoms with Crippen LogP contribution in [0.5, 0.6) is 0 Å². The third kappa shape index (κ3) is 2.33. The maximum atomic E-state index is 9.09. The first-order valence-corrected chi connectivity index (χ1v) is 6.29. The lowest BCUT2D eigenvalue weighted by Crippen LogP contribution is -2.19. The number of halogens is 1. The molecule has 0 N–H and O–H groups in total. The van der Waals surface area contributed by atoms with Gasteiger partial charge in [0.05, 0.1) is 17.0 Å². The van der Waals surface area contributed by atoms with Gasteiger partial charge in [-0.3, -0.25) is 0 Å². The number of nitriles is 1. The van der Waals surface area contributed by atoms with Crippen molar-refractivity contribution < 1.29 is 0 Å². The Bertz CT molecular complexity index is 595. The Morgan fingerprint density at radius 2 is 2.22 bits per heavy atom.